The Morgan fingerprint density at radius 1 is 1.50 bits per heavy atom. The molecule has 0 bridgehead atoms. The van der Waals surface area contributed by atoms with Gasteiger partial charge in [-0.25, -0.2) is 4.98 Å². The number of nitrogens with zero attached hydrogens (tertiary/aromatic N) is 4. The van der Waals surface area contributed by atoms with Gasteiger partial charge in [0.05, 0.1) is 12.9 Å². The number of rotatable bonds is 3. The smallest absolute Gasteiger partial charge is 0.200 e. The molecule has 0 unspecified atom stereocenters. The molecular weight excluding hydrogens is 180 g/mol. The molecule has 0 aliphatic carbocycles. The van der Waals surface area contributed by atoms with Crippen molar-refractivity contribution in [2.24, 2.45) is 7.05 Å². The fourth-order valence-corrected chi connectivity index (χ4v) is 1.27. The molecule has 0 saturated carbocycles. The van der Waals surface area contributed by atoms with Crippen molar-refractivity contribution in [3.8, 4) is 0 Å². The summed E-state index contributed by atoms with van der Waals surface area (Å²) >= 11 is 0. The summed E-state index contributed by atoms with van der Waals surface area (Å²) in [7, 11) is 1.75. The van der Waals surface area contributed by atoms with Crippen LogP contribution in [0.4, 0.5) is 0 Å². The summed E-state index contributed by atoms with van der Waals surface area (Å²) in [6, 6.07) is 1.71. The standard InChI is InChI=1S/C9H10N4O/c1-12-8(2-3-11-12)9(14)6-13-5-4-10-7-13/h2-5,7H,6H2,1H3. The number of carbonyl (C=O) groups is 1. The highest BCUT2D eigenvalue weighted by Crippen LogP contribution is 2.00. The number of aromatic nitrogens is 4. The first kappa shape index (κ1) is 8.68. The highest BCUT2D eigenvalue weighted by atomic mass is 16.1. The second kappa shape index (κ2) is 3.45. The summed E-state index contributed by atoms with van der Waals surface area (Å²) in [6.07, 6.45) is 6.64. The number of aryl methyl sites for hydroxylation is 1. The lowest BCUT2D eigenvalue weighted by molar-refractivity contribution is 0.0963. The predicted octanol–water partition coefficient (Wildman–Crippen LogP) is 0.499. The third-order valence-electron chi connectivity index (χ3n) is 1.99. The van der Waals surface area contributed by atoms with Crippen LogP contribution in [0, 0.1) is 0 Å². The monoisotopic (exact) mass is 190 g/mol. The van der Waals surface area contributed by atoms with E-state index in [4.69, 9.17) is 0 Å². The summed E-state index contributed by atoms with van der Waals surface area (Å²) in [5.41, 5.74) is 0.610. The van der Waals surface area contributed by atoms with Crippen LogP contribution in [0.2, 0.25) is 0 Å². The van der Waals surface area contributed by atoms with Crippen molar-refractivity contribution in [1.82, 2.24) is 19.3 Å². The summed E-state index contributed by atoms with van der Waals surface area (Å²) < 4.78 is 3.30. The Kier molecular flexibility index (Phi) is 2.14. The summed E-state index contributed by atoms with van der Waals surface area (Å²) in [6.45, 7) is 0.305. The van der Waals surface area contributed by atoms with Gasteiger partial charge in [0.1, 0.15) is 5.69 Å². The highest BCUT2D eigenvalue weighted by molar-refractivity contribution is 5.94. The van der Waals surface area contributed by atoms with E-state index in [0.717, 1.165) is 0 Å². The molecule has 2 aromatic heterocycles. The first-order valence-electron chi connectivity index (χ1n) is 4.24. The van der Waals surface area contributed by atoms with Crippen LogP contribution < -0.4 is 0 Å². The van der Waals surface area contributed by atoms with Gasteiger partial charge in [0.25, 0.3) is 0 Å². The molecule has 0 atom stereocenters. The lowest BCUT2D eigenvalue weighted by Gasteiger charge is -2.01. The number of Topliss-reactive ketones (excluding diaryl/α,β-unsaturated/α-hetero) is 1. The number of imidazole rings is 1. The van der Waals surface area contributed by atoms with E-state index in [1.807, 2.05) is 0 Å². The molecule has 72 valence electrons. The normalized spacial score (nSPS) is 10.4. The molecular formula is C9H10N4O. The van der Waals surface area contributed by atoms with E-state index < -0.39 is 0 Å². The molecule has 0 amide bonds. The first-order valence-corrected chi connectivity index (χ1v) is 4.24. The Morgan fingerprint density at radius 2 is 2.36 bits per heavy atom. The molecule has 0 aromatic carbocycles. The summed E-state index contributed by atoms with van der Waals surface area (Å²) in [5, 5.41) is 3.94. The fraction of sp³-hybridized carbons (Fsp3) is 0.222. The Labute approximate surface area is 81.0 Å². The molecule has 5 heteroatoms. The van der Waals surface area contributed by atoms with Gasteiger partial charge in [0, 0.05) is 25.6 Å². The van der Waals surface area contributed by atoms with Gasteiger partial charge in [-0.15, -0.1) is 0 Å². The van der Waals surface area contributed by atoms with Gasteiger partial charge >= 0.3 is 0 Å². The van der Waals surface area contributed by atoms with Gasteiger partial charge in [0.2, 0.25) is 0 Å². The van der Waals surface area contributed by atoms with E-state index in [2.05, 4.69) is 10.1 Å². The lowest BCUT2D eigenvalue weighted by Crippen LogP contribution is -2.13. The van der Waals surface area contributed by atoms with Crippen molar-refractivity contribution in [3.05, 3.63) is 36.7 Å². The van der Waals surface area contributed by atoms with Crippen molar-refractivity contribution in [2.75, 3.05) is 0 Å². The van der Waals surface area contributed by atoms with Crippen molar-refractivity contribution in [3.63, 3.8) is 0 Å². The van der Waals surface area contributed by atoms with Crippen molar-refractivity contribution < 1.29 is 4.79 Å². The van der Waals surface area contributed by atoms with E-state index in [1.54, 1.807) is 47.3 Å². The van der Waals surface area contributed by atoms with Crippen LogP contribution in [-0.2, 0) is 13.6 Å². The van der Waals surface area contributed by atoms with E-state index in [1.165, 1.54) is 0 Å². The molecule has 0 saturated heterocycles. The Balaban J connectivity index is 2.14. The summed E-state index contributed by atoms with van der Waals surface area (Å²) in [4.78, 5) is 15.6. The fourth-order valence-electron chi connectivity index (χ4n) is 1.27. The minimum atomic E-state index is 0.0306. The molecule has 0 aliphatic heterocycles. The van der Waals surface area contributed by atoms with Crippen LogP contribution in [0.25, 0.3) is 0 Å². The number of hydrogen-bond donors (Lipinski definition) is 0. The van der Waals surface area contributed by atoms with Crippen molar-refractivity contribution in [1.29, 1.82) is 0 Å². The van der Waals surface area contributed by atoms with Gasteiger partial charge < -0.3 is 4.57 Å². The molecule has 0 spiro atoms. The van der Waals surface area contributed by atoms with Crippen molar-refractivity contribution in [2.45, 2.75) is 6.54 Å². The minimum Gasteiger partial charge on any atom is -0.330 e. The second-order valence-corrected chi connectivity index (χ2v) is 3.00. The third-order valence-corrected chi connectivity index (χ3v) is 1.99. The zero-order valence-corrected chi connectivity index (χ0v) is 7.79. The van der Waals surface area contributed by atoms with Gasteiger partial charge in [0.15, 0.2) is 5.78 Å². The molecule has 0 N–H and O–H groups in total. The summed E-state index contributed by atoms with van der Waals surface area (Å²) in [5.74, 6) is 0.0306. The van der Waals surface area contributed by atoms with E-state index >= 15 is 0 Å². The number of carbonyl (C=O) groups excluding carboxylic acids is 1. The number of hydrogen-bond acceptors (Lipinski definition) is 3. The topological polar surface area (TPSA) is 52.7 Å². The third kappa shape index (κ3) is 1.56. The van der Waals surface area contributed by atoms with Crippen molar-refractivity contribution >= 4 is 5.78 Å². The molecule has 0 fully saturated rings. The molecule has 2 rings (SSSR count). The quantitative estimate of drug-likeness (QED) is 0.662. The first-order chi connectivity index (χ1) is 6.77. The van der Waals surface area contributed by atoms with Crippen LogP contribution >= 0.6 is 0 Å². The molecule has 0 radical (unpaired) electrons. The Bertz CT molecular complexity index is 429. The van der Waals surface area contributed by atoms with Crippen LogP contribution in [0.3, 0.4) is 0 Å². The largest absolute Gasteiger partial charge is 0.330 e. The molecule has 2 aromatic rings. The minimum absolute atomic E-state index is 0.0306. The average molecular weight is 190 g/mol. The van der Waals surface area contributed by atoms with Gasteiger partial charge in [-0.2, -0.15) is 5.10 Å². The van der Waals surface area contributed by atoms with E-state index in [0.29, 0.717) is 12.2 Å². The van der Waals surface area contributed by atoms with E-state index in [-0.39, 0.29) is 5.78 Å². The van der Waals surface area contributed by atoms with Crippen LogP contribution in [0.15, 0.2) is 31.0 Å². The second-order valence-electron chi connectivity index (χ2n) is 3.00. The Hall–Kier alpha value is -1.91. The number of ketones is 1. The Morgan fingerprint density at radius 3 is 2.93 bits per heavy atom. The van der Waals surface area contributed by atoms with E-state index in [9.17, 15) is 4.79 Å². The van der Waals surface area contributed by atoms with Gasteiger partial charge in [-0.3, -0.25) is 9.48 Å². The lowest BCUT2D eigenvalue weighted by atomic mass is 10.3. The molecule has 14 heavy (non-hydrogen) atoms. The van der Waals surface area contributed by atoms with Gasteiger partial charge in [-0.05, 0) is 6.07 Å². The van der Waals surface area contributed by atoms with Gasteiger partial charge in [-0.1, -0.05) is 0 Å². The maximum atomic E-state index is 11.7. The molecule has 2 heterocycles. The molecule has 5 nitrogen and oxygen atoms in total. The van der Waals surface area contributed by atoms with Crippen LogP contribution in [0.1, 0.15) is 10.5 Å². The zero-order valence-electron chi connectivity index (χ0n) is 7.79. The zero-order chi connectivity index (χ0) is 9.97. The maximum absolute atomic E-state index is 11.7. The predicted molar refractivity (Wildman–Crippen MR) is 49.8 cm³/mol. The maximum Gasteiger partial charge on any atom is 0.200 e. The SMILES string of the molecule is Cn1nccc1C(=O)Cn1ccnc1. The average Bonchev–Trinajstić information content (AvgIpc) is 2.75. The highest BCUT2D eigenvalue weighted by Gasteiger charge is 2.09. The van der Waals surface area contributed by atoms with Crippen LogP contribution in [0.5, 0.6) is 0 Å². The van der Waals surface area contributed by atoms with Crippen LogP contribution in [-0.4, -0.2) is 25.1 Å². The molecule has 0 aliphatic rings.